The summed E-state index contributed by atoms with van der Waals surface area (Å²) in [6.07, 6.45) is 1.98. The molecule has 0 saturated carbocycles. The van der Waals surface area contributed by atoms with E-state index in [0.29, 0.717) is 12.1 Å². The molecule has 1 atom stereocenters. The molecule has 0 aliphatic heterocycles. The van der Waals surface area contributed by atoms with Crippen molar-refractivity contribution in [3.8, 4) is 0 Å². The number of aromatic amines is 1. The fourth-order valence-corrected chi connectivity index (χ4v) is 3.80. The Balaban J connectivity index is 1.85. The lowest BCUT2D eigenvalue weighted by Gasteiger charge is -2.31. The summed E-state index contributed by atoms with van der Waals surface area (Å²) in [5.41, 5.74) is 4.76. The third kappa shape index (κ3) is 3.66. The van der Waals surface area contributed by atoms with Crippen LogP contribution >= 0.6 is 0 Å². The minimum absolute atomic E-state index is 0.122. The Hall–Kier alpha value is -3.40. The number of aryl methyl sites for hydroxylation is 1. The number of nitrogens with zero attached hydrogens (tertiary/aromatic N) is 1. The Labute approximate surface area is 169 Å². The Morgan fingerprint density at radius 1 is 1.00 bits per heavy atom. The highest BCUT2D eigenvalue weighted by atomic mass is 19.1. The number of hydrogen-bond donors (Lipinski definition) is 1. The molecule has 0 spiro atoms. The molecule has 4 heteroatoms. The van der Waals surface area contributed by atoms with Crippen molar-refractivity contribution in [3.05, 3.63) is 107 Å². The average Bonchev–Trinajstić information content (AvgIpc) is 3.16. The van der Waals surface area contributed by atoms with E-state index < -0.39 is 0 Å². The van der Waals surface area contributed by atoms with Crippen LogP contribution in [0.15, 0.2) is 79.0 Å². The molecule has 3 nitrogen and oxygen atoms in total. The lowest BCUT2D eigenvalue weighted by Crippen LogP contribution is -2.35. The number of fused-ring (bicyclic) bond motifs is 1. The van der Waals surface area contributed by atoms with Crippen LogP contribution in [0.4, 0.5) is 4.39 Å². The van der Waals surface area contributed by atoms with Crippen LogP contribution in [-0.4, -0.2) is 22.3 Å². The van der Waals surface area contributed by atoms with E-state index in [1.54, 1.807) is 12.1 Å². The number of rotatable bonds is 5. The summed E-state index contributed by atoms with van der Waals surface area (Å²) < 4.78 is 13.4. The van der Waals surface area contributed by atoms with Gasteiger partial charge < -0.3 is 9.88 Å². The number of amides is 1. The number of aromatic nitrogens is 1. The number of carbonyl (C=O) groups is 1. The summed E-state index contributed by atoms with van der Waals surface area (Å²) in [7, 11) is 0. The second kappa shape index (κ2) is 7.92. The van der Waals surface area contributed by atoms with Crippen LogP contribution in [-0.2, 0) is 0 Å². The molecule has 0 aliphatic carbocycles. The Morgan fingerprint density at radius 2 is 1.69 bits per heavy atom. The molecule has 0 aliphatic rings. The van der Waals surface area contributed by atoms with Gasteiger partial charge in [0.1, 0.15) is 5.82 Å². The molecular formula is C25H23FN2O. The molecule has 1 N–H and O–H groups in total. The number of benzene rings is 3. The zero-order valence-corrected chi connectivity index (χ0v) is 16.5. The van der Waals surface area contributed by atoms with E-state index >= 15 is 0 Å². The number of H-pyrrole nitrogens is 1. The van der Waals surface area contributed by atoms with Gasteiger partial charge in [0, 0.05) is 34.8 Å². The lowest BCUT2D eigenvalue weighted by atomic mass is 9.95. The Morgan fingerprint density at radius 3 is 2.38 bits per heavy atom. The van der Waals surface area contributed by atoms with Crippen LogP contribution in [0.5, 0.6) is 0 Å². The fourth-order valence-electron chi connectivity index (χ4n) is 3.80. The van der Waals surface area contributed by atoms with E-state index in [1.165, 1.54) is 17.7 Å². The van der Waals surface area contributed by atoms with E-state index in [4.69, 9.17) is 0 Å². The van der Waals surface area contributed by atoms with Crippen molar-refractivity contribution < 1.29 is 9.18 Å². The maximum absolute atomic E-state index is 13.4. The predicted octanol–water partition coefficient (Wildman–Crippen LogP) is 5.87. The zero-order chi connectivity index (χ0) is 20.4. The topological polar surface area (TPSA) is 36.1 Å². The van der Waals surface area contributed by atoms with Crippen molar-refractivity contribution in [2.45, 2.75) is 19.9 Å². The number of halogens is 1. The standard InChI is InChI=1S/C25H23FN2O/c1-3-28(25(29)19-12-14-20(26)15-13-19)24(18-10-8-17(2)9-11-18)22-16-27-23-7-5-4-6-21(22)23/h4-16,24,27H,3H2,1-2H3. The maximum atomic E-state index is 13.4. The van der Waals surface area contributed by atoms with Crippen molar-refractivity contribution in [1.82, 2.24) is 9.88 Å². The van der Waals surface area contributed by atoms with Crippen molar-refractivity contribution in [2.75, 3.05) is 6.54 Å². The molecule has 3 aromatic carbocycles. The molecule has 4 rings (SSSR count). The smallest absolute Gasteiger partial charge is 0.254 e. The minimum Gasteiger partial charge on any atom is -0.361 e. The summed E-state index contributed by atoms with van der Waals surface area (Å²) in [6, 6.07) is 21.8. The van der Waals surface area contributed by atoms with Crippen molar-refractivity contribution in [3.63, 3.8) is 0 Å². The van der Waals surface area contributed by atoms with Gasteiger partial charge in [-0.3, -0.25) is 4.79 Å². The summed E-state index contributed by atoms with van der Waals surface area (Å²) in [5, 5.41) is 1.09. The van der Waals surface area contributed by atoms with Crippen LogP contribution in [0, 0.1) is 12.7 Å². The molecule has 0 bridgehead atoms. The summed E-state index contributed by atoms with van der Waals surface area (Å²) >= 11 is 0. The van der Waals surface area contributed by atoms with Gasteiger partial charge in [0.05, 0.1) is 6.04 Å². The first-order chi connectivity index (χ1) is 14.1. The molecule has 146 valence electrons. The molecule has 4 aromatic rings. The van der Waals surface area contributed by atoms with Gasteiger partial charge in [0.15, 0.2) is 0 Å². The maximum Gasteiger partial charge on any atom is 0.254 e. The van der Waals surface area contributed by atoms with Crippen molar-refractivity contribution >= 4 is 16.8 Å². The quantitative estimate of drug-likeness (QED) is 0.458. The number of para-hydroxylation sites is 1. The van der Waals surface area contributed by atoms with E-state index in [0.717, 1.165) is 22.0 Å². The number of nitrogens with one attached hydrogen (secondary N) is 1. The second-order valence-corrected chi connectivity index (χ2v) is 7.20. The van der Waals surface area contributed by atoms with E-state index in [-0.39, 0.29) is 17.8 Å². The van der Waals surface area contributed by atoms with Crippen molar-refractivity contribution in [2.24, 2.45) is 0 Å². The van der Waals surface area contributed by atoms with E-state index in [2.05, 4.69) is 35.3 Å². The Kier molecular flexibility index (Phi) is 5.17. The van der Waals surface area contributed by atoms with Crippen molar-refractivity contribution in [1.29, 1.82) is 0 Å². The predicted molar refractivity (Wildman–Crippen MR) is 114 cm³/mol. The first-order valence-corrected chi connectivity index (χ1v) is 9.77. The largest absolute Gasteiger partial charge is 0.361 e. The normalized spacial score (nSPS) is 12.1. The molecular weight excluding hydrogens is 363 g/mol. The van der Waals surface area contributed by atoms with Gasteiger partial charge in [-0.1, -0.05) is 48.0 Å². The molecule has 1 amide bonds. The molecule has 0 saturated heterocycles. The van der Waals surface area contributed by atoms with Gasteiger partial charge >= 0.3 is 0 Å². The van der Waals surface area contributed by atoms with Gasteiger partial charge in [0.2, 0.25) is 0 Å². The number of hydrogen-bond acceptors (Lipinski definition) is 1. The molecule has 0 radical (unpaired) electrons. The molecule has 29 heavy (non-hydrogen) atoms. The lowest BCUT2D eigenvalue weighted by molar-refractivity contribution is 0.0718. The van der Waals surface area contributed by atoms with Crippen LogP contribution in [0.2, 0.25) is 0 Å². The molecule has 1 heterocycles. The molecule has 1 unspecified atom stereocenters. The second-order valence-electron chi connectivity index (χ2n) is 7.20. The van der Waals surface area contributed by atoms with E-state index in [9.17, 15) is 9.18 Å². The highest BCUT2D eigenvalue weighted by Gasteiger charge is 2.28. The SMILES string of the molecule is CCN(C(=O)c1ccc(F)cc1)C(c1ccc(C)cc1)c1c[nH]c2ccccc12. The van der Waals surface area contributed by atoms with E-state index in [1.807, 2.05) is 43.1 Å². The van der Waals surface area contributed by atoms with Gasteiger partial charge in [-0.2, -0.15) is 0 Å². The van der Waals surface area contributed by atoms with Crippen LogP contribution in [0.25, 0.3) is 10.9 Å². The highest BCUT2D eigenvalue weighted by Crippen LogP contribution is 2.34. The molecule has 0 fully saturated rings. The zero-order valence-electron chi connectivity index (χ0n) is 16.5. The van der Waals surface area contributed by atoms with Crippen LogP contribution in [0.3, 0.4) is 0 Å². The number of carbonyl (C=O) groups excluding carboxylic acids is 1. The average molecular weight is 386 g/mol. The third-order valence-corrected chi connectivity index (χ3v) is 5.31. The monoisotopic (exact) mass is 386 g/mol. The van der Waals surface area contributed by atoms with Gasteiger partial charge in [-0.15, -0.1) is 0 Å². The summed E-state index contributed by atoms with van der Waals surface area (Å²) in [6.45, 7) is 4.54. The first-order valence-electron chi connectivity index (χ1n) is 9.77. The Bertz CT molecular complexity index is 1130. The van der Waals surface area contributed by atoms with Crippen LogP contribution in [0.1, 0.15) is 40.0 Å². The fraction of sp³-hybridized carbons (Fsp3) is 0.160. The third-order valence-electron chi connectivity index (χ3n) is 5.31. The van der Waals surface area contributed by atoms with Gasteiger partial charge in [0.25, 0.3) is 5.91 Å². The van der Waals surface area contributed by atoms with Crippen LogP contribution < -0.4 is 0 Å². The summed E-state index contributed by atoms with van der Waals surface area (Å²) in [4.78, 5) is 18.6. The molecule has 1 aromatic heterocycles. The highest BCUT2D eigenvalue weighted by molar-refractivity contribution is 5.95. The summed E-state index contributed by atoms with van der Waals surface area (Å²) in [5.74, 6) is -0.473. The minimum atomic E-state index is -0.351. The van der Waals surface area contributed by atoms with Gasteiger partial charge in [-0.25, -0.2) is 4.39 Å². The first kappa shape index (κ1) is 18.9. The van der Waals surface area contributed by atoms with Gasteiger partial charge in [-0.05, 0) is 49.7 Å².